The van der Waals surface area contributed by atoms with Crippen LogP contribution in [0.2, 0.25) is 0 Å². The molecule has 1 aliphatic rings. The van der Waals surface area contributed by atoms with Crippen molar-refractivity contribution in [1.29, 1.82) is 0 Å². The molecule has 1 fully saturated rings. The normalized spacial score (nSPS) is 18.4. The largest absolute Gasteiger partial charge is 0.381 e. The molecule has 1 saturated heterocycles. The third kappa shape index (κ3) is 3.65. The second kappa shape index (κ2) is 6.78. The van der Waals surface area contributed by atoms with Crippen molar-refractivity contribution in [2.45, 2.75) is 25.3 Å². The minimum absolute atomic E-state index is 0.0637. The lowest BCUT2D eigenvalue weighted by molar-refractivity contribution is 0.0779. The average molecular weight is 303 g/mol. The summed E-state index contributed by atoms with van der Waals surface area (Å²) in [5.41, 5.74) is 0.829. The number of hydrogen-bond acceptors (Lipinski definition) is 5. The zero-order valence-electron chi connectivity index (χ0n) is 11.6. The van der Waals surface area contributed by atoms with Crippen LogP contribution in [0.4, 0.5) is 0 Å². The number of carbonyl (C=O) groups is 1. The summed E-state index contributed by atoms with van der Waals surface area (Å²) in [7, 11) is 0. The first-order chi connectivity index (χ1) is 10.3. The predicted octanol–water partition coefficient (Wildman–Crippen LogP) is 2.36. The summed E-state index contributed by atoms with van der Waals surface area (Å²) in [5, 5.41) is 4.77. The lowest BCUT2D eigenvalue weighted by Crippen LogP contribution is -2.23. The Kier molecular flexibility index (Phi) is 4.57. The third-order valence-electron chi connectivity index (χ3n) is 3.43. The van der Waals surface area contributed by atoms with Gasteiger partial charge in [-0.2, -0.15) is 0 Å². The number of hydrogen-bond donors (Lipinski definition) is 1. The van der Waals surface area contributed by atoms with Gasteiger partial charge in [0.25, 0.3) is 5.91 Å². The van der Waals surface area contributed by atoms with Gasteiger partial charge in [0.1, 0.15) is 5.82 Å². The summed E-state index contributed by atoms with van der Waals surface area (Å²) in [6.45, 7) is 1.93. The summed E-state index contributed by atoms with van der Waals surface area (Å²) >= 11 is 1.43. The van der Waals surface area contributed by atoms with Crippen molar-refractivity contribution >= 4 is 17.2 Å². The average Bonchev–Trinajstić information content (AvgIpc) is 3.08. The minimum atomic E-state index is -0.0637. The number of carbonyl (C=O) groups excluding carboxylic acids is 1. The van der Waals surface area contributed by atoms with E-state index in [4.69, 9.17) is 4.74 Å². The van der Waals surface area contributed by atoms with Gasteiger partial charge in [-0.25, -0.2) is 9.97 Å². The lowest BCUT2D eigenvalue weighted by atomic mass is 10.0. The van der Waals surface area contributed by atoms with Gasteiger partial charge in [-0.1, -0.05) is 6.07 Å². The van der Waals surface area contributed by atoms with Gasteiger partial charge in [0.2, 0.25) is 0 Å². The highest BCUT2D eigenvalue weighted by Crippen LogP contribution is 2.22. The second-order valence-electron chi connectivity index (χ2n) is 4.98. The van der Waals surface area contributed by atoms with Gasteiger partial charge in [-0.3, -0.25) is 4.79 Å². The first kappa shape index (κ1) is 14.2. The Hall–Kier alpha value is -1.79. The maximum absolute atomic E-state index is 11.9. The van der Waals surface area contributed by atoms with Crippen molar-refractivity contribution in [2.75, 3.05) is 13.2 Å². The van der Waals surface area contributed by atoms with Crippen molar-refractivity contribution in [3.05, 3.63) is 46.2 Å². The lowest BCUT2D eigenvalue weighted by Gasteiger charge is -2.20. The van der Waals surface area contributed by atoms with E-state index in [1.807, 2.05) is 23.6 Å². The molecule has 0 bridgehead atoms. The molecule has 3 heterocycles. The van der Waals surface area contributed by atoms with Gasteiger partial charge in [-0.15, -0.1) is 11.3 Å². The number of amides is 1. The van der Waals surface area contributed by atoms with Crippen LogP contribution in [0.3, 0.4) is 0 Å². The molecule has 0 saturated carbocycles. The fourth-order valence-corrected chi connectivity index (χ4v) is 2.96. The van der Waals surface area contributed by atoms with Crippen LogP contribution < -0.4 is 5.32 Å². The number of rotatable bonds is 4. The minimum Gasteiger partial charge on any atom is -0.381 e. The quantitative estimate of drug-likeness (QED) is 0.942. The van der Waals surface area contributed by atoms with E-state index in [9.17, 15) is 4.79 Å². The molecule has 6 heteroatoms. The molecule has 1 aliphatic heterocycles. The molecule has 0 aliphatic carbocycles. The van der Waals surface area contributed by atoms with Gasteiger partial charge in [0.05, 0.1) is 23.7 Å². The molecule has 0 radical (unpaired) electrons. The van der Waals surface area contributed by atoms with Crippen molar-refractivity contribution in [3.8, 4) is 0 Å². The van der Waals surface area contributed by atoms with Crippen molar-refractivity contribution in [1.82, 2.24) is 15.3 Å². The van der Waals surface area contributed by atoms with E-state index in [1.165, 1.54) is 11.3 Å². The maximum atomic E-state index is 11.9. The number of nitrogens with one attached hydrogen (secondary N) is 1. The van der Waals surface area contributed by atoms with Gasteiger partial charge in [0.15, 0.2) is 0 Å². The molecule has 5 nitrogen and oxygen atoms in total. The zero-order valence-corrected chi connectivity index (χ0v) is 12.4. The van der Waals surface area contributed by atoms with Crippen LogP contribution in [-0.4, -0.2) is 29.1 Å². The second-order valence-corrected chi connectivity index (χ2v) is 5.93. The molecule has 1 N–H and O–H groups in total. The monoisotopic (exact) mass is 303 g/mol. The highest BCUT2D eigenvalue weighted by Gasteiger charge is 2.19. The number of thiophene rings is 1. The molecular formula is C15H17N3O2S. The summed E-state index contributed by atoms with van der Waals surface area (Å²) < 4.78 is 5.48. The van der Waals surface area contributed by atoms with Crippen LogP contribution in [0.15, 0.2) is 29.8 Å². The summed E-state index contributed by atoms with van der Waals surface area (Å²) in [6.07, 6.45) is 3.86. The van der Waals surface area contributed by atoms with Gasteiger partial charge >= 0.3 is 0 Å². The SMILES string of the molecule is O=C(NCc1ccnc([C@@H]2CCCOC2)n1)c1cccs1. The van der Waals surface area contributed by atoms with E-state index in [1.54, 1.807) is 6.20 Å². The van der Waals surface area contributed by atoms with E-state index in [2.05, 4.69) is 15.3 Å². The molecular weight excluding hydrogens is 286 g/mol. The predicted molar refractivity (Wildman–Crippen MR) is 80.3 cm³/mol. The Bertz CT molecular complexity index is 595. The first-order valence-electron chi connectivity index (χ1n) is 7.04. The molecule has 110 valence electrons. The van der Waals surface area contributed by atoms with Crippen molar-refractivity contribution in [3.63, 3.8) is 0 Å². The van der Waals surface area contributed by atoms with Gasteiger partial charge in [-0.05, 0) is 30.4 Å². The van der Waals surface area contributed by atoms with E-state index < -0.39 is 0 Å². The number of aromatic nitrogens is 2. The molecule has 0 aromatic carbocycles. The molecule has 3 rings (SSSR count). The standard InChI is InChI=1S/C15H17N3O2S/c19-15(13-4-2-8-21-13)17-9-12-5-6-16-14(18-12)11-3-1-7-20-10-11/h2,4-6,8,11H,1,3,7,9-10H2,(H,17,19)/t11-/m1/s1. The van der Waals surface area contributed by atoms with Crippen molar-refractivity contribution < 1.29 is 9.53 Å². The van der Waals surface area contributed by atoms with E-state index in [0.29, 0.717) is 18.0 Å². The van der Waals surface area contributed by atoms with Crippen LogP contribution in [0.1, 0.15) is 39.9 Å². The Morgan fingerprint density at radius 3 is 3.19 bits per heavy atom. The molecule has 0 unspecified atom stereocenters. The summed E-state index contributed by atoms with van der Waals surface area (Å²) in [6, 6.07) is 5.51. The van der Waals surface area contributed by atoms with Gasteiger partial charge in [0, 0.05) is 18.7 Å². The Labute approximate surface area is 127 Å². The van der Waals surface area contributed by atoms with E-state index >= 15 is 0 Å². The Morgan fingerprint density at radius 1 is 1.48 bits per heavy atom. The molecule has 21 heavy (non-hydrogen) atoms. The molecule has 2 aromatic heterocycles. The fourth-order valence-electron chi connectivity index (χ4n) is 2.32. The fraction of sp³-hybridized carbons (Fsp3) is 0.400. The molecule has 1 amide bonds. The van der Waals surface area contributed by atoms with Crippen LogP contribution >= 0.6 is 11.3 Å². The van der Waals surface area contributed by atoms with Crippen molar-refractivity contribution in [2.24, 2.45) is 0 Å². The first-order valence-corrected chi connectivity index (χ1v) is 7.92. The molecule has 2 aromatic rings. The van der Waals surface area contributed by atoms with Crippen LogP contribution in [0.25, 0.3) is 0 Å². The molecule has 1 atom stereocenters. The highest BCUT2D eigenvalue weighted by molar-refractivity contribution is 7.12. The van der Waals surface area contributed by atoms with Gasteiger partial charge < -0.3 is 10.1 Å². The highest BCUT2D eigenvalue weighted by atomic mass is 32.1. The van der Waals surface area contributed by atoms with Crippen LogP contribution in [0, 0.1) is 0 Å². The van der Waals surface area contributed by atoms with Crippen LogP contribution in [0.5, 0.6) is 0 Å². The zero-order chi connectivity index (χ0) is 14.5. The Morgan fingerprint density at radius 2 is 2.43 bits per heavy atom. The smallest absolute Gasteiger partial charge is 0.261 e. The Balaban J connectivity index is 1.62. The van der Waals surface area contributed by atoms with Crippen LogP contribution in [-0.2, 0) is 11.3 Å². The van der Waals surface area contributed by atoms with E-state index in [-0.39, 0.29) is 11.8 Å². The number of ether oxygens (including phenoxy) is 1. The molecule has 0 spiro atoms. The topological polar surface area (TPSA) is 64.1 Å². The third-order valence-corrected chi connectivity index (χ3v) is 4.30. The number of nitrogens with zero attached hydrogens (tertiary/aromatic N) is 2. The summed E-state index contributed by atoms with van der Waals surface area (Å²) in [4.78, 5) is 21.5. The summed E-state index contributed by atoms with van der Waals surface area (Å²) in [5.74, 6) is 1.02. The maximum Gasteiger partial charge on any atom is 0.261 e. The van der Waals surface area contributed by atoms with E-state index in [0.717, 1.165) is 31.0 Å².